The molecule has 2 rings (SSSR count). The van der Waals surface area contributed by atoms with E-state index in [1.165, 1.54) is 0 Å². The zero-order chi connectivity index (χ0) is 9.97. The maximum Gasteiger partial charge on any atom is 0.111 e. The minimum Gasteiger partial charge on any atom is -0.392 e. The van der Waals surface area contributed by atoms with Crippen LogP contribution in [0.3, 0.4) is 0 Å². The van der Waals surface area contributed by atoms with E-state index >= 15 is 0 Å². The number of aliphatic hydroxyl groups excluding tert-OH is 1. The Morgan fingerprint density at radius 1 is 1.50 bits per heavy atom. The Morgan fingerprint density at radius 2 is 2.36 bits per heavy atom. The van der Waals surface area contributed by atoms with Gasteiger partial charge in [0.25, 0.3) is 0 Å². The number of pyridine rings is 1. The van der Waals surface area contributed by atoms with Gasteiger partial charge in [-0.25, -0.2) is 4.98 Å². The van der Waals surface area contributed by atoms with E-state index < -0.39 is 0 Å². The van der Waals surface area contributed by atoms with Crippen LogP contribution < -0.4 is 0 Å². The summed E-state index contributed by atoms with van der Waals surface area (Å²) in [5.41, 5.74) is 0. The Hall–Kier alpha value is -0.0600. The van der Waals surface area contributed by atoms with E-state index in [1.807, 2.05) is 12.1 Å². The van der Waals surface area contributed by atoms with Crippen LogP contribution in [0, 0.1) is 0 Å². The van der Waals surface area contributed by atoms with Crippen LogP contribution in [-0.4, -0.2) is 21.4 Å². The van der Waals surface area contributed by atoms with Crippen LogP contribution in [0.4, 0.5) is 0 Å². The zero-order valence-electron chi connectivity index (χ0n) is 7.69. The fourth-order valence-corrected chi connectivity index (χ4v) is 3.35. The summed E-state index contributed by atoms with van der Waals surface area (Å²) in [6, 6.07) is 3.88. The number of aromatic nitrogens is 1. The molecule has 1 heterocycles. The van der Waals surface area contributed by atoms with Crippen molar-refractivity contribution >= 4 is 27.7 Å². The fraction of sp³-hybridized carbons (Fsp3) is 0.500. The Labute approximate surface area is 96.3 Å². The van der Waals surface area contributed by atoms with E-state index in [0.717, 1.165) is 28.8 Å². The molecule has 76 valence electrons. The number of nitrogens with zero attached hydrogens (tertiary/aromatic N) is 1. The van der Waals surface area contributed by atoms with Gasteiger partial charge in [0.2, 0.25) is 0 Å². The molecule has 2 atom stereocenters. The predicted octanol–water partition coefficient (Wildman–Crippen LogP) is 2.85. The highest BCUT2D eigenvalue weighted by Gasteiger charge is 2.26. The van der Waals surface area contributed by atoms with Gasteiger partial charge in [-0.2, -0.15) is 0 Å². The van der Waals surface area contributed by atoms with Gasteiger partial charge in [0, 0.05) is 15.9 Å². The van der Waals surface area contributed by atoms with Crippen molar-refractivity contribution in [2.45, 2.75) is 35.6 Å². The van der Waals surface area contributed by atoms with Gasteiger partial charge >= 0.3 is 0 Å². The summed E-state index contributed by atoms with van der Waals surface area (Å²) in [5, 5.41) is 11.0. The van der Waals surface area contributed by atoms with E-state index in [9.17, 15) is 5.11 Å². The van der Waals surface area contributed by atoms with Gasteiger partial charge in [0.05, 0.1) is 6.10 Å². The van der Waals surface area contributed by atoms with Crippen LogP contribution in [0.15, 0.2) is 27.8 Å². The van der Waals surface area contributed by atoms with Crippen molar-refractivity contribution in [2.75, 3.05) is 0 Å². The molecule has 4 heteroatoms. The van der Waals surface area contributed by atoms with E-state index in [-0.39, 0.29) is 6.10 Å². The molecule has 0 spiro atoms. The summed E-state index contributed by atoms with van der Waals surface area (Å²) < 4.78 is 1.02. The standard InChI is InChI=1S/C10H12BrNOS/c11-7-3-2-6-12-10(7)14-9-5-1-4-8(9)13/h2-3,6,8-9,13H,1,4-5H2. The van der Waals surface area contributed by atoms with Crippen molar-refractivity contribution in [3.05, 3.63) is 22.8 Å². The van der Waals surface area contributed by atoms with E-state index in [4.69, 9.17) is 0 Å². The van der Waals surface area contributed by atoms with Crippen molar-refractivity contribution in [1.82, 2.24) is 4.98 Å². The lowest BCUT2D eigenvalue weighted by Gasteiger charge is -2.13. The minimum absolute atomic E-state index is 0.158. The van der Waals surface area contributed by atoms with Crippen LogP contribution in [0.2, 0.25) is 0 Å². The second-order valence-corrected chi connectivity index (χ2v) is 5.53. The summed E-state index contributed by atoms with van der Waals surface area (Å²) in [6.45, 7) is 0. The van der Waals surface area contributed by atoms with Gasteiger partial charge in [-0.3, -0.25) is 0 Å². The SMILES string of the molecule is OC1CCCC1Sc1ncccc1Br. The average molecular weight is 274 g/mol. The summed E-state index contributed by atoms with van der Waals surface area (Å²) in [5.74, 6) is 0. The minimum atomic E-state index is -0.158. The molecular formula is C10H12BrNOS. The molecule has 2 nitrogen and oxygen atoms in total. The third kappa shape index (κ3) is 2.30. The fourth-order valence-electron chi connectivity index (χ4n) is 1.65. The number of rotatable bonds is 2. The first-order valence-corrected chi connectivity index (χ1v) is 6.40. The number of hydrogen-bond donors (Lipinski definition) is 1. The monoisotopic (exact) mass is 273 g/mol. The van der Waals surface area contributed by atoms with Gasteiger partial charge in [-0.1, -0.05) is 11.8 Å². The first-order chi connectivity index (χ1) is 6.77. The second kappa shape index (κ2) is 4.64. The molecular weight excluding hydrogens is 262 g/mol. The van der Waals surface area contributed by atoms with Gasteiger partial charge in [-0.05, 0) is 47.3 Å². The van der Waals surface area contributed by atoms with Crippen molar-refractivity contribution in [3.8, 4) is 0 Å². The van der Waals surface area contributed by atoms with E-state index in [1.54, 1.807) is 18.0 Å². The predicted molar refractivity (Wildman–Crippen MR) is 61.4 cm³/mol. The van der Waals surface area contributed by atoms with Crippen molar-refractivity contribution in [3.63, 3.8) is 0 Å². The molecule has 1 fully saturated rings. The molecule has 0 aliphatic heterocycles. The molecule has 1 aromatic heterocycles. The highest BCUT2D eigenvalue weighted by molar-refractivity contribution is 9.10. The van der Waals surface area contributed by atoms with Crippen LogP contribution in [0.25, 0.3) is 0 Å². The largest absolute Gasteiger partial charge is 0.392 e. The first kappa shape index (κ1) is 10.5. The van der Waals surface area contributed by atoms with Gasteiger partial charge < -0.3 is 5.11 Å². The smallest absolute Gasteiger partial charge is 0.111 e. The average Bonchev–Trinajstić information content (AvgIpc) is 2.56. The summed E-state index contributed by atoms with van der Waals surface area (Å²) >= 11 is 5.14. The number of hydrogen-bond acceptors (Lipinski definition) is 3. The lowest BCUT2D eigenvalue weighted by Crippen LogP contribution is -2.15. The topological polar surface area (TPSA) is 33.1 Å². The molecule has 0 bridgehead atoms. The zero-order valence-corrected chi connectivity index (χ0v) is 10.1. The highest BCUT2D eigenvalue weighted by Crippen LogP contribution is 2.36. The maximum atomic E-state index is 9.68. The van der Waals surface area contributed by atoms with Crippen molar-refractivity contribution in [1.29, 1.82) is 0 Å². The molecule has 1 aromatic rings. The number of aliphatic hydroxyl groups is 1. The molecule has 0 radical (unpaired) electrons. The normalized spacial score (nSPS) is 26.7. The molecule has 0 amide bonds. The molecule has 2 unspecified atom stereocenters. The summed E-state index contributed by atoms with van der Waals surface area (Å²) in [7, 11) is 0. The molecule has 0 aromatic carbocycles. The number of thioether (sulfide) groups is 1. The quantitative estimate of drug-likeness (QED) is 0.900. The first-order valence-electron chi connectivity index (χ1n) is 4.72. The van der Waals surface area contributed by atoms with Gasteiger partial charge in [0.15, 0.2) is 0 Å². The molecule has 1 aliphatic carbocycles. The Bertz CT molecular complexity index is 321. The van der Waals surface area contributed by atoms with Crippen LogP contribution >= 0.6 is 27.7 Å². The summed E-state index contributed by atoms with van der Waals surface area (Å²) in [4.78, 5) is 4.28. The molecule has 1 saturated carbocycles. The van der Waals surface area contributed by atoms with Crippen LogP contribution in [0.1, 0.15) is 19.3 Å². The van der Waals surface area contributed by atoms with Crippen molar-refractivity contribution < 1.29 is 5.11 Å². The molecule has 1 aliphatic rings. The van der Waals surface area contributed by atoms with Gasteiger partial charge in [0.1, 0.15) is 5.03 Å². The lowest BCUT2D eigenvalue weighted by atomic mass is 10.3. The Balaban J connectivity index is 2.07. The highest BCUT2D eigenvalue weighted by atomic mass is 79.9. The third-order valence-corrected chi connectivity index (χ3v) is 4.71. The Kier molecular flexibility index (Phi) is 3.47. The van der Waals surface area contributed by atoms with E-state index in [0.29, 0.717) is 5.25 Å². The van der Waals surface area contributed by atoms with Crippen LogP contribution in [0.5, 0.6) is 0 Å². The molecule has 0 saturated heterocycles. The van der Waals surface area contributed by atoms with Gasteiger partial charge in [-0.15, -0.1) is 0 Å². The van der Waals surface area contributed by atoms with Crippen molar-refractivity contribution in [2.24, 2.45) is 0 Å². The Morgan fingerprint density at radius 3 is 3.00 bits per heavy atom. The second-order valence-electron chi connectivity index (χ2n) is 3.44. The molecule has 14 heavy (non-hydrogen) atoms. The third-order valence-electron chi connectivity index (χ3n) is 2.41. The maximum absolute atomic E-state index is 9.68. The van der Waals surface area contributed by atoms with Crippen LogP contribution in [-0.2, 0) is 0 Å². The lowest BCUT2D eigenvalue weighted by molar-refractivity contribution is 0.188. The number of halogens is 1. The molecule has 1 N–H and O–H groups in total. The summed E-state index contributed by atoms with van der Waals surface area (Å²) in [6.07, 6.45) is 4.78. The van der Waals surface area contributed by atoms with E-state index in [2.05, 4.69) is 20.9 Å².